The normalized spacial score (nSPS) is 17.0. The van der Waals surface area contributed by atoms with Gasteiger partial charge in [-0.3, -0.25) is 9.59 Å². The molecule has 1 saturated heterocycles. The number of aryl methyl sites for hydroxylation is 1. The van der Waals surface area contributed by atoms with Crippen molar-refractivity contribution in [2.45, 2.75) is 43.4 Å². The predicted molar refractivity (Wildman–Crippen MR) is 144 cm³/mol. The topological polar surface area (TPSA) is 125 Å². The number of nitrogens with two attached hydrogens (primary N) is 1. The summed E-state index contributed by atoms with van der Waals surface area (Å²) >= 11 is 0. The summed E-state index contributed by atoms with van der Waals surface area (Å²) in [7, 11) is -4.15. The molecule has 2 aromatic carbocycles. The fraction of sp³-hybridized carbons (Fsp3) is 0.286. The van der Waals surface area contributed by atoms with E-state index < -0.39 is 38.7 Å². The zero-order valence-corrected chi connectivity index (χ0v) is 22.3. The highest BCUT2D eigenvalue weighted by Crippen LogP contribution is 2.36. The lowest BCUT2D eigenvalue weighted by Crippen LogP contribution is -2.43. The number of rotatable bonds is 5. The molecular formula is C28H28F2N4O4S. The van der Waals surface area contributed by atoms with Crippen LogP contribution >= 0.6 is 0 Å². The molecule has 4 N–H and O–H groups in total. The quantitative estimate of drug-likeness (QED) is 0.412. The maximum atomic E-state index is 14.1. The van der Waals surface area contributed by atoms with Gasteiger partial charge in [-0.2, -0.15) is 0 Å². The number of anilines is 1. The van der Waals surface area contributed by atoms with Crippen LogP contribution in [0.4, 0.5) is 14.5 Å². The first kappa shape index (κ1) is 26.8. The summed E-state index contributed by atoms with van der Waals surface area (Å²) in [5, 5.41) is 2.71. The second-order valence-electron chi connectivity index (χ2n) is 9.97. The third-order valence-electron chi connectivity index (χ3n) is 7.33. The molecule has 3 heterocycles. The molecule has 2 aliphatic heterocycles. The fourth-order valence-electron chi connectivity index (χ4n) is 5.09. The van der Waals surface area contributed by atoms with Crippen molar-refractivity contribution in [2.75, 3.05) is 18.4 Å². The molecule has 0 radical (unpaired) electrons. The van der Waals surface area contributed by atoms with E-state index in [0.29, 0.717) is 46.9 Å². The summed E-state index contributed by atoms with van der Waals surface area (Å²) in [4.78, 5) is 30.9. The molecule has 0 unspecified atom stereocenters. The van der Waals surface area contributed by atoms with Gasteiger partial charge in [0.05, 0.1) is 21.8 Å². The molecular weight excluding hydrogens is 526 g/mol. The smallest absolute Gasteiger partial charge is 0.256 e. The minimum Gasteiger partial charge on any atom is -0.358 e. The number of hydrogen-bond acceptors (Lipinski definition) is 5. The lowest BCUT2D eigenvalue weighted by Gasteiger charge is -2.30. The number of nitrogens with zero attached hydrogens (tertiary/aromatic N) is 1. The molecule has 11 heteroatoms. The highest BCUT2D eigenvalue weighted by atomic mass is 32.2. The third-order valence-corrected chi connectivity index (χ3v) is 8.98. The summed E-state index contributed by atoms with van der Waals surface area (Å²) in [6.45, 7) is 4.72. The van der Waals surface area contributed by atoms with Crippen LogP contribution in [0.3, 0.4) is 0 Å². The molecule has 1 aromatic heterocycles. The van der Waals surface area contributed by atoms with E-state index >= 15 is 0 Å². The van der Waals surface area contributed by atoms with Crippen molar-refractivity contribution in [3.8, 4) is 0 Å². The van der Waals surface area contributed by atoms with Crippen LogP contribution in [-0.4, -0.2) is 49.2 Å². The first-order chi connectivity index (χ1) is 18.5. The summed E-state index contributed by atoms with van der Waals surface area (Å²) in [5.74, 6) is -3.32. The summed E-state index contributed by atoms with van der Waals surface area (Å²) < 4.78 is 54.4. The number of likely N-dealkylation sites (tertiary alicyclic amines) is 1. The Labute approximate surface area is 224 Å². The van der Waals surface area contributed by atoms with Crippen LogP contribution in [0.25, 0.3) is 11.6 Å². The van der Waals surface area contributed by atoms with E-state index in [1.54, 1.807) is 24.8 Å². The molecule has 3 aromatic rings. The van der Waals surface area contributed by atoms with E-state index in [1.807, 2.05) is 0 Å². The minimum atomic E-state index is -4.15. The number of H-pyrrole nitrogens is 1. The van der Waals surface area contributed by atoms with Gasteiger partial charge in [-0.25, -0.2) is 17.2 Å². The highest BCUT2D eigenvalue weighted by molar-refractivity contribution is 7.90. The first-order valence-corrected chi connectivity index (χ1v) is 14.2. The van der Waals surface area contributed by atoms with Crippen molar-refractivity contribution in [3.05, 3.63) is 81.7 Å². The Morgan fingerprint density at radius 3 is 2.46 bits per heavy atom. The molecule has 0 saturated carbocycles. The number of halogens is 2. The molecule has 2 aliphatic rings. The van der Waals surface area contributed by atoms with Crippen LogP contribution in [0.2, 0.25) is 0 Å². The Hall–Kier alpha value is -3.83. The molecule has 0 atom stereocenters. The number of aromatic amines is 1. The summed E-state index contributed by atoms with van der Waals surface area (Å²) in [6.07, 6.45) is 3.05. The Bertz CT molecular complexity index is 1620. The van der Waals surface area contributed by atoms with Crippen molar-refractivity contribution in [1.29, 1.82) is 0 Å². The number of hydrogen-bond donors (Lipinski definition) is 3. The third kappa shape index (κ3) is 4.99. The second kappa shape index (κ2) is 10.0. The fourth-order valence-corrected chi connectivity index (χ4v) is 6.49. The summed E-state index contributed by atoms with van der Waals surface area (Å²) in [6, 6.07) is 7.31. The van der Waals surface area contributed by atoms with Gasteiger partial charge < -0.3 is 20.9 Å². The zero-order chi connectivity index (χ0) is 28.1. The Morgan fingerprint density at radius 2 is 1.79 bits per heavy atom. The van der Waals surface area contributed by atoms with Crippen LogP contribution in [0.5, 0.6) is 0 Å². The SMILES string of the molecule is Cc1[nH]c(/C=C2\C(=O)Nc3ccc(S(=O)(=O)Cc4c(F)cccc4F)cc32)c(C)c1C(=O)N1CCC(N)CC1. The van der Waals surface area contributed by atoms with Gasteiger partial charge in [-0.15, -0.1) is 0 Å². The van der Waals surface area contributed by atoms with E-state index in [1.165, 1.54) is 18.2 Å². The maximum Gasteiger partial charge on any atom is 0.256 e. The lowest BCUT2D eigenvalue weighted by atomic mass is 10.0. The van der Waals surface area contributed by atoms with Crippen LogP contribution in [0.15, 0.2) is 41.3 Å². The van der Waals surface area contributed by atoms with E-state index in [0.717, 1.165) is 31.0 Å². The van der Waals surface area contributed by atoms with Crippen LogP contribution in [0, 0.1) is 25.5 Å². The van der Waals surface area contributed by atoms with Gasteiger partial charge in [-0.1, -0.05) is 6.07 Å². The molecule has 0 aliphatic carbocycles. The van der Waals surface area contributed by atoms with Crippen molar-refractivity contribution in [1.82, 2.24) is 9.88 Å². The van der Waals surface area contributed by atoms with Crippen molar-refractivity contribution >= 4 is 39.0 Å². The number of carbonyl (C=O) groups is 2. The molecule has 0 bridgehead atoms. The Balaban J connectivity index is 1.48. The van der Waals surface area contributed by atoms with Gasteiger partial charge >= 0.3 is 0 Å². The van der Waals surface area contributed by atoms with Crippen LogP contribution in [0.1, 0.15) is 51.3 Å². The molecule has 1 fully saturated rings. The van der Waals surface area contributed by atoms with E-state index in [4.69, 9.17) is 5.73 Å². The largest absolute Gasteiger partial charge is 0.358 e. The second-order valence-corrected chi connectivity index (χ2v) is 12.0. The number of aromatic nitrogens is 1. The lowest BCUT2D eigenvalue weighted by molar-refractivity contribution is -0.110. The van der Waals surface area contributed by atoms with Crippen LogP contribution in [-0.2, 0) is 20.4 Å². The number of nitrogens with one attached hydrogen (secondary N) is 2. The standard InChI is InChI=1S/C28H28F2N4O4S/c1-15-25(32-16(2)26(15)28(36)34-10-8-17(31)9-11-34)13-20-19-12-18(6-7-24(19)33-27(20)35)39(37,38)14-21-22(29)4-3-5-23(21)30/h3-7,12-13,17,32H,8-11,14,31H2,1-2H3,(H,33,35)/b20-13-. The molecule has 5 rings (SSSR count). The van der Waals surface area contributed by atoms with E-state index in [2.05, 4.69) is 10.3 Å². The number of carbonyl (C=O) groups excluding carboxylic acids is 2. The molecule has 2 amide bonds. The maximum absolute atomic E-state index is 14.1. The predicted octanol–water partition coefficient (Wildman–Crippen LogP) is 3.94. The van der Waals surface area contributed by atoms with Crippen molar-refractivity contribution in [3.63, 3.8) is 0 Å². The van der Waals surface area contributed by atoms with Crippen molar-refractivity contribution < 1.29 is 26.8 Å². The first-order valence-electron chi connectivity index (χ1n) is 12.5. The number of amides is 2. The van der Waals surface area contributed by atoms with E-state index in [-0.39, 0.29) is 22.4 Å². The summed E-state index contributed by atoms with van der Waals surface area (Å²) in [5.41, 5.74) is 8.76. The van der Waals surface area contributed by atoms with Crippen molar-refractivity contribution in [2.24, 2.45) is 5.73 Å². The van der Waals surface area contributed by atoms with Crippen LogP contribution < -0.4 is 11.1 Å². The molecule has 8 nitrogen and oxygen atoms in total. The van der Waals surface area contributed by atoms with Gasteiger partial charge in [0.15, 0.2) is 9.84 Å². The molecule has 0 spiro atoms. The van der Waals surface area contributed by atoms with Gasteiger partial charge in [-0.05, 0) is 68.7 Å². The Kier molecular flexibility index (Phi) is 6.90. The minimum absolute atomic E-state index is 0.0863. The van der Waals surface area contributed by atoms with Gasteiger partial charge in [0.2, 0.25) is 0 Å². The molecule has 39 heavy (non-hydrogen) atoms. The molecule has 204 valence electrons. The Morgan fingerprint density at radius 1 is 1.13 bits per heavy atom. The number of sulfone groups is 1. The number of piperidine rings is 1. The van der Waals surface area contributed by atoms with Gasteiger partial charge in [0.25, 0.3) is 11.8 Å². The average molecular weight is 555 g/mol. The van der Waals surface area contributed by atoms with E-state index in [9.17, 15) is 26.8 Å². The number of fused-ring (bicyclic) bond motifs is 1. The van der Waals surface area contributed by atoms with Gasteiger partial charge in [0.1, 0.15) is 11.6 Å². The highest BCUT2D eigenvalue weighted by Gasteiger charge is 2.30. The zero-order valence-electron chi connectivity index (χ0n) is 21.5. The monoisotopic (exact) mass is 554 g/mol. The average Bonchev–Trinajstić information content (AvgIpc) is 3.35. The number of benzene rings is 2. The van der Waals surface area contributed by atoms with Gasteiger partial charge in [0, 0.05) is 47.3 Å².